The van der Waals surface area contributed by atoms with Gasteiger partial charge in [-0.25, -0.2) is 0 Å². The minimum absolute atomic E-state index is 0.0598. The van der Waals surface area contributed by atoms with Crippen molar-refractivity contribution >= 4 is 79.6 Å². The average Bonchev–Trinajstić information content (AvgIpc) is 2.41. The molecule has 0 aliphatic carbocycles. The fourth-order valence-corrected chi connectivity index (χ4v) is 6.46. The Morgan fingerprint density at radius 1 is 0.909 bits per heavy atom. The second-order valence-electron chi connectivity index (χ2n) is 4.42. The Labute approximate surface area is 167 Å². The first-order valence-corrected chi connectivity index (χ1v) is 9.12. The zero-order valence-corrected chi connectivity index (χ0v) is 17.5. The van der Waals surface area contributed by atoms with Crippen molar-refractivity contribution in [1.29, 1.82) is 0 Å². The number of amides is 2. The number of aliphatic hydroxyl groups excluding tert-OH is 3. The fraction of sp³-hybridized carbons (Fsp3) is 0.333. The van der Waals surface area contributed by atoms with Crippen LogP contribution in [0.5, 0.6) is 0 Å². The number of carbonyl (C=O) groups excluding carboxylic acids is 2. The summed E-state index contributed by atoms with van der Waals surface area (Å²) < 4.78 is 1.31. The number of aliphatic hydroxyl groups is 3. The van der Waals surface area contributed by atoms with Gasteiger partial charge in [-0.05, 0) is 73.3 Å². The molecule has 0 heterocycles. The minimum atomic E-state index is -1.33. The summed E-state index contributed by atoms with van der Waals surface area (Å²) in [6.07, 6.45) is -2.65. The van der Waals surface area contributed by atoms with E-state index in [9.17, 15) is 19.8 Å². The Hall–Kier alpha value is 0.230. The monoisotopic (exact) mass is 646 g/mol. The first-order valence-electron chi connectivity index (χ1n) is 5.89. The van der Waals surface area contributed by atoms with Crippen LogP contribution in [0.1, 0.15) is 26.3 Å². The number of benzene rings is 1. The highest BCUT2D eigenvalue weighted by Crippen LogP contribution is 2.32. The molecule has 0 saturated carbocycles. The standard InChI is InChI=1S/C12H13I3N2O5/c13-8-3(1-4(19)5(20)2-18)9(14)7(12(17)22)10(15)6(8)11(16)21/h4-5,18-20H,1-2H2,(H2,16,21)(H2,17,22). The van der Waals surface area contributed by atoms with Crippen molar-refractivity contribution < 1.29 is 24.9 Å². The third-order valence-electron chi connectivity index (χ3n) is 2.95. The highest BCUT2D eigenvalue weighted by molar-refractivity contribution is 14.1. The maximum atomic E-state index is 11.7. The first kappa shape index (κ1) is 20.3. The maximum Gasteiger partial charge on any atom is 0.250 e. The van der Waals surface area contributed by atoms with Gasteiger partial charge in [0, 0.05) is 17.1 Å². The van der Waals surface area contributed by atoms with E-state index < -0.39 is 30.6 Å². The lowest BCUT2D eigenvalue weighted by Gasteiger charge is -2.20. The molecule has 2 unspecified atom stereocenters. The van der Waals surface area contributed by atoms with Gasteiger partial charge in [0.2, 0.25) is 0 Å². The van der Waals surface area contributed by atoms with E-state index in [0.717, 1.165) is 0 Å². The SMILES string of the molecule is NC(=O)c1c(I)c(CC(O)C(O)CO)c(I)c(C(N)=O)c1I. The van der Waals surface area contributed by atoms with E-state index in [1.807, 2.05) is 67.8 Å². The predicted octanol–water partition coefficient (Wildman–Crippen LogP) is -0.0452. The summed E-state index contributed by atoms with van der Waals surface area (Å²) in [7, 11) is 0. The van der Waals surface area contributed by atoms with Crippen LogP contribution in [0.4, 0.5) is 0 Å². The van der Waals surface area contributed by atoms with Crippen molar-refractivity contribution in [2.75, 3.05) is 6.61 Å². The summed E-state index contributed by atoms with van der Waals surface area (Å²) in [6.45, 7) is -0.607. The van der Waals surface area contributed by atoms with Crippen molar-refractivity contribution in [3.8, 4) is 0 Å². The number of carbonyl (C=O) groups is 2. The van der Waals surface area contributed by atoms with Crippen molar-refractivity contribution in [3.05, 3.63) is 27.4 Å². The van der Waals surface area contributed by atoms with Gasteiger partial charge in [0.1, 0.15) is 6.10 Å². The summed E-state index contributed by atoms with van der Waals surface area (Å²) in [5, 5.41) is 28.3. The number of hydrogen-bond acceptors (Lipinski definition) is 5. The quantitative estimate of drug-likeness (QED) is 0.276. The molecule has 10 heteroatoms. The van der Waals surface area contributed by atoms with Crippen LogP contribution in [0.2, 0.25) is 0 Å². The highest BCUT2D eigenvalue weighted by Gasteiger charge is 2.27. The fourth-order valence-electron chi connectivity index (χ4n) is 1.79. The van der Waals surface area contributed by atoms with Crippen molar-refractivity contribution in [2.45, 2.75) is 18.6 Å². The molecule has 0 saturated heterocycles. The zero-order chi connectivity index (χ0) is 17.2. The molecule has 22 heavy (non-hydrogen) atoms. The number of primary amides is 2. The summed E-state index contributed by atoms with van der Waals surface area (Å²) in [5.41, 5.74) is 11.5. The summed E-state index contributed by atoms with van der Waals surface area (Å²) in [6, 6.07) is 0. The number of halogens is 3. The van der Waals surface area contributed by atoms with E-state index >= 15 is 0 Å². The molecule has 0 radical (unpaired) electrons. The molecule has 7 nitrogen and oxygen atoms in total. The maximum absolute atomic E-state index is 11.7. The Morgan fingerprint density at radius 3 is 1.64 bits per heavy atom. The minimum Gasteiger partial charge on any atom is -0.394 e. The van der Waals surface area contributed by atoms with Crippen LogP contribution in [-0.4, -0.2) is 45.9 Å². The van der Waals surface area contributed by atoms with Crippen LogP contribution >= 0.6 is 67.8 Å². The van der Waals surface area contributed by atoms with Gasteiger partial charge in [-0.3, -0.25) is 9.59 Å². The van der Waals surface area contributed by atoms with Gasteiger partial charge in [-0.15, -0.1) is 0 Å². The van der Waals surface area contributed by atoms with Crippen LogP contribution in [-0.2, 0) is 6.42 Å². The summed E-state index contributed by atoms with van der Waals surface area (Å²) in [5.74, 6) is -1.43. The molecular weight excluding hydrogens is 633 g/mol. The van der Waals surface area contributed by atoms with Crippen molar-refractivity contribution in [3.63, 3.8) is 0 Å². The van der Waals surface area contributed by atoms with E-state index in [0.29, 0.717) is 16.3 Å². The van der Waals surface area contributed by atoms with E-state index in [1.54, 1.807) is 0 Å². The van der Waals surface area contributed by atoms with E-state index in [2.05, 4.69) is 0 Å². The van der Waals surface area contributed by atoms with Gasteiger partial charge in [0.05, 0.1) is 23.8 Å². The third-order valence-corrected chi connectivity index (χ3v) is 6.40. The first-order chi connectivity index (χ1) is 10.1. The molecule has 1 aromatic rings. The Balaban J connectivity index is 3.57. The molecule has 0 fully saturated rings. The van der Waals surface area contributed by atoms with Crippen LogP contribution in [0.25, 0.3) is 0 Å². The van der Waals surface area contributed by atoms with Gasteiger partial charge >= 0.3 is 0 Å². The molecule has 7 N–H and O–H groups in total. The topological polar surface area (TPSA) is 147 Å². The zero-order valence-electron chi connectivity index (χ0n) is 11.0. The molecule has 0 aliphatic rings. The molecule has 1 rings (SSSR count). The molecule has 0 aliphatic heterocycles. The normalized spacial score (nSPS) is 13.7. The van der Waals surface area contributed by atoms with Gasteiger partial charge in [-0.2, -0.15) is 0 Å². The molecule has 0 spiro atoms. The number of hydrogen-bond donors (Lipinski definition) is 5. The molecular formula is C12H13I3N2O5. The largest absolute Gasteiger partial charge is 0.394 e. The van der Waals surface area contributed by atoms with Gasteiger partial charge in [0.25, 0.3) is 11.8 Å². The Bertz CT molecular complexity index is 582. The predicted molar refractivity (Wildman–Crippen MR) is 104 cm³/mol. The van der Waals surface area contributed by atoms with E-state index in [1.165, 1.54) is 0 Å². The van der Waals surface area contributed by atoms with E-state index in [-0.39, 0.29) is 17.5 Å². The summed E-state index contributed by atoms with van der Waals surface area (Å²) in [4.78, 5) is 23.3. The molecule has 122 valence electrons. The Kier molecular flexibility index (Phi) is 7.71. The number of rotatable bonds is 6. The van der Waals surface area contributed by atoms with Crippen LogP contribution < -0.4 is 11.5 Å². The van der Waals surface area contributed by atoms with Crippen LogP contribution in [0, 0.1) is 10.7 Å². The van der Waals surface area contributed by atoms with Gasteiger partial charge in [-0.1, -0.05) is 0 Å². The third kappa shape index (κ3) is 4.19. The second-order valence-corrected chi connectivity index (χ2v) is 7.66. The van der Waals surface area contributed by atoms with Crippen molar-refractivity contribution in [2.24, 2.45) is 11.5 Å². The van der Waals surface area contributed by atoms with E-state index in [4.69, 9.17) is 16.6 Å². The lowest BCUT2D eigenvalue weighted by molar-refractivity contribution is -0.0134. The van der Waals surface area contributed by atoms with Crippen molar-refractivity contribution in [1.82, 2.24) is 0 Å². The average molecular weight is 646 g/mol. The molecule has 0 aromatic heterocycles. The lowest BCUT2D eigenvalue weighted by Crippen LogP contribution is -2.32. The molecule has 0 bridgehead atoms. The second kappa shape index (κ2) is 8.36. The molecule has 2 atom stereocenters. The van der Waals surface area contributed by atoms with Crippen LogP contribution in [0.3, 0.4) is 0 Å². The molecule has 1 aromatic carbocycles. The Morgan fingerprint density at radius 2 is 1.32 bits per heavy atom. The molecule has 2 amide bonds. The lowest BCUT2D eigenvalue weighted by atomic mass is 9.98. The smallest absolute Gasteiger partial charge is 0.250 e. The highest BCUT2D eigenvalue weighted by atomic mass is 127. The van der Waals surface area contributed by atoms with Gasteiger partial charge in [0.15, 0.2) is 0 Å². The number of nitrogens with two attached hydrogens (primary N) is 2. The summed E-state index contributed by atoms with van der Waals surface area (Å²) >= 11 is 5.63. The van der Waals surface area contributed by atoms with Gasteiger partial charge < -0.3 is 26.8 Å². The van der Waals surface area contributed by atoms with Crippen LogP contribution in [0.15, 0.2) is 0 Å².